The second-order valence-corrected chi connectivity index (χ2v) is 9.35. The van der Waals surface area contributed by atoms with Crippen molar-refractivity contribution in [3.8, 4) is 11.5 Å². The Kier molecular flexibility index (Phi) is 7.20. The molecule has 4 atom stereocenters. The fourth-order valence-electron chi connectivity index (χ4n) is 5.20. The predicted octanol–water partition coefficient (Wildman–Crippen LogP) is 3.84. The van der Waals surface area contributed by atoms with Crippen LogP contribution >= 0.6 is 0 Å². The van der Waals surface area contributed by atoms with Crippen LogP contribution in [0.4, 0.5) is 13.2 Å². The molecule has 2 amide bonds. The van der Waals surface area contributed by atoms with Gasteiger partial charge in [0.2, 0.25) is 11.8 Å². The van der Waals surface area contributed by atoms with E-state index in [1.165, 1.54) is 30.3 Å². The standard InChI is InChI=1S/C26H25F3N2O7/c1-2-3-10-31-22(34)19-20(23(31)35)25(24(36)37,13-18(32)33)30-21(19)14-6-4-8-16(11-14)38-17-9-5-7-15(12-17)26(27,28)29/h4-9,11-12,19-21,30H,2-3,10,13H2,1H3,(H,32,33)(H,36,37). The van der Waals surface area contributed by atoms with Crippen molar-refractivity contribution in [2.75, 3.05) is 6.54 Å². The molecular formula is C26H25F3N2O7. The fourth-order valence-corrected chi connectivity index (χ4v) is 5.20. The number of nitrogens with zero attached hydrogens (tertiary/aromatic N) is 1. The number of aliphatic carboxylic acids is 2. The third-order valence-electron chi connectivity index (χ3n) is 6.91. The molecule has 9 nitrogen and oxygen atoms in total. The van der Waals surface area contributed by atoms with Crippen LogP contribution in [0.25, 0.3) is 0 Å². The number of hydrogen-bond acceptors (Lipinski definition) is 6. The van der Waals surface area contributed by atoms with Crippen LogP contribution in [0.5, 0.6) is 11.5 Å². The summed E-state index contributed by atoms with van der Waals surface area (Å²) < 4.78 is 44.9. The molecule has 2 saturated heterocycles. The lowest BCUT2D eigenvalue weighted by Crippen LogP contribution is -2.57. The van der Waals surface area contributed by atoms with Crippen molar-refractivity contribution in [2.45, 2.75) is 43.9 Å². The zero-order valence-electron chi connectivity index (χ0n) is 20.2. The van der Waals surface area contributed by atoms with Crippen LogP contribution < -0.4 is 10.1 Å². The summed E-state index contributed by atoms with van der Waals surface area (Å²) in [6.07, 6.45) is -4.36. The van der Waals surface area contributed by atoms with Gasteiger partial charge in [-0.15, -0.1) is 0 Å². The average molecular weight is 534 g/mol. The first-order valence-electron chi connectivity index (χ1n) is 11.9. The maximum Gasteiger partial charge on any atom is 0.416 e. The Hall–Kier alpha value is -3.93. The molecular weight excluding hydrogens is 509 g/mol. The third kappa shape index (κ3) is 4.83. The Morgan fingerprint density at radius 3 is 2.32 bits per heavy atom. The van der Waals surface area contributed by atoms with E-state index in [-0.39, 0.29) is 18.0 Å². The van der Waals surface area contributed by atoms with Crippen molar-refractivity contribution >= 4 is 23.8 Å². The largest absolute Gasteiger partial charge is 0.481 e. The summed E-state index contributed by atoms with van der Waals surface area (Å²) in [7, 11) is 0. The van der Waals surface area contributed by atoms with E-state index in [0.29, 0.717) is 18.4 Å². The van der Waals surface area contributed by atoms with Gasteiger partial charge in [0.25, 0.3) is 0 Å². The Bertz CT molecular complexity index is 1280. The van der Waals surface area contributed by atoms with E-state index < -0.39 is 65.3 Å². The number of halogens is 3. The quantitative estimate of drug-likeness (QED) is 0.414. The predicted molar refractivity (Wildman–Crippen MR) is 125 cm³/mol. The van der Waals surface area contributed by atoms with Crippen molar-refractivity contribution in [1.82, 2.24) is 10.2 Å². The Balaban J connectivity index is 1.72. The molecule has 0 radical (unpaired) electrons. The van der Waals surface area contributed by atoms with Gasteiger partial charge < -0.3 is 14.9 Å². The SMILES string of the molecule is CCCCN1C(=O)C2C(c3cccc(Oc4cccc(C(F)(F)F)c4)c3)NC(CC(=O)O)(C(=O)O)C2C1=O. The van der Waals surface area contributed by atoms with E-state index in [9.17, 15) is 42.6 Å². The van der Waals surface area contributed by atoms with Crippen LogP contribution in [0.15, 0.2) is 48.5 Å². The summed E-state index contributed by atoms with van der Waals surface area (Å²) in [4.78, 5) is 51.8. The van der Waals surface area contributed by atoms with E-state index >= 15 is 0 Å². The smallest absolute Gasteiger partial charge is 0.416 e. The zero-order chi connectivity index (χ0) is 27.8. The number of carboxylic acid groups (broad SMARTS) is 2. The van der Waals surface area contributed by atoms with Gasteiger partial charge in [0.1, 0.15) is 17.0 Å². The Morgan fingerprint density at radius 1 is 1.05 bits per heavy atom. The topological polar surface area (TPSA) is 133 Å². The Morgan fingerprint density at radius 2 is 1.71 bits per heavy atom. The van der Waals surface area contributed by atoms with E-state index in [4.69, 9.17) is 4.74 Å². The highest BCUT2D eigenvalue weighted by molar-refractivity contribution is 6.10. The van der Waals surface area contributed by atoms with Gasteiger partial charge in [0, 0.05) is 12.6 Å². The molecule has 4 rings (SSSR count). The van der Waals surface area contributed by atoms with Gasteiger partial charge in [0.15, 0.2) is 0 Å². The highest BCUT2D eigenvalue weighted by Gasteiger charge is 2.69. The van der Waals surface area contributed by atoms with E-state index in [2.05, 4.69) is 5.32 Å². The number of carbonyl (C=O) groups is 4. The number of rotatable bonds is 9. The summed E-state index contributed by atoms with van der Waals surface area (Å²) >= 11 is 0. The number of ether oxygens (including phenoxy) is 1. The first-order chi connectivity index (χ1) is 17.9. The maximum atomic E-state index is 13.4. The molecule has 4 unspecified atom stereocenters. The Labute approximate surface area is 215 Å². The number of benzene rings is 2. The summed E-state index contributed by atoms with van der Waals surface area (Å²) in [6, 6.07) is 9.10. The third-order valence-corrected chi connectivity index (χ3v) is 6.91. The lowest BCUT2D eigenvalue weighted by molar-refractivity contribution is -0.156. The number of nitrogens with one attached hydrogen (secondary N) is 1. The summed E-state index contributed by atoms with van der Waals surface area (Å²) in [6.45, 7) is 1.94. The molecule has 2 fully saturated rings. The van der Waals surface area contributed by atoms with Crippen LogP contribution in [0.2, 0.25) is 0 Å². The van der Waals surface area contributed by atoms with E-state index in [0.717, 1.165) is 17.0 Å². The maximum absolute atomic E-state index is 13.4. The molecule has 0 aliphatic carbocycles. The zero-order valence-corrected chi connectivity index (χ0v) is 20.2. The van der Waals surface area contributed by atoms with Gasteiger partial charge in [-0.05, 0) is 42.3 Å². The molecule has 0 bridgehead atoms. The van der Waals surface area contributed by atoms with Gasteiger partial charge in [0.05, 0.1) is 23.8 Å². The molecule has 2 aromatic carbocycles. The molecule has 12 heteroatoms. The average Bonchev–Trinajstić information content (AvgIpc) is 3.31. The molecule has 2 aliphatic rings. The molecule has 0 aromatic heterocycles. The number of hydrogen-bond donors (Lipinski definition) is 3. The molecule has 202 valence electrons. The molecule has 0 spiro atoms. The summed E-state index contributed by atoms with van der Waals surface area (Å²) in [5.74, 6) is -7.05. The van der Waals surface area contributed by atoms with Crippen molar-refractivity contribution in [1.29, 1.82) is 0 Å². The van der Waals surface area contributed by atoms with Crippen LogP contribution in [-0.4, -0.2) is 50.9 Å². The molecule has 0 saturated carbocycles. The molecule has 3 N–H and O–H groups in total. The summed E-state index contributed by atoms with van der Waals surface area (Å²) in [5, 5.41) is 22.4. The lowest BCUT2D eigenvalue weighted by atomic mass is 9.77. The number of carbonyl (C=O) groups excluding carboxylic acids is 2. The number of alkyl halides is 3. The number of amides is 2. The highest BCUT2D eigenvalue weighted by Crippen LogP contribution is 2.50. The van der Waals surface area contributed by atoms with Crippen molar-refractivity contribution in [3.05, 3.63) is 59.7 Å². The lowest BCUT2D eigenvalue weighted by Gasteiger charge is -2.29. The summed E-state index contributed by atoms with van der Waals surface area (Å²) in [5.41, 5.74) is -2.84. The number of unbranched alkanes of at least 4 members (excludes halogenated alkanes) is 1. The first-order valence-corrected chi connectivity index (χ1v) is 11.9. The minimum atomic E-state index is -4.58. The van der Waals surface area contributed by atoms with E-state index in [1.807, 2.05) is 6.92 Å². The van der Waals surface area contributed by atoms with Gasteiger partial charge in [-0.2, -0.15) is 13.2 Å². The second kappa shape index (κ2) is 10.1. The highest BCUT2D eigenvalue weighted by atomic mass is 19.4. The second-order valence-electron chi connectivity index (χ2n) is 9.35. The number of imide groups is 1. The van der Waals surface area contributed by atoms with Gasteiger partial charge in [-0.1, -0.05) is 31.5 Å². The molecule has 2 aromatic rings. The van der Waals surface area contributed by atoms with Gasteiger partial charge >= 0.3 is 18.1 Å². The van der Waals surface area contributed by atoms with Crippen LogP contribution in [0.1, 0.15) is 43.4 Å². The first kappa shape index (κ1) is 27.1. The van der Waals surface area contributed by atoms with Crippen molar-refractivity contribution < 1.29 is 47.3 Å². The molecule has 38 heavy (non-hydrogen) atoms. The minimum absolute atomic E-state index is 0.0787. The number of fused-ring (bicyclic) bond motifs is 1. The molecule has 2 aliphatic heterocycles. The fraction of sp³-hybridized carbons (Fsp3) is 0.385. The van der Waals surface area contributed by atoms with Crippen LogP contribution in [-0.2, 0) is 25.4 Å². The normalized spacial score (nSPS) is 24.9. The van der Waals surface area contributed by atoms with Crippen LogP contribution in [0, 0.1) is 11.8 Å². The van der Waals surface area contributed by atoms with Crippen molar-refractivity contribution in [3.63, 3.8) is 0 Å². The monoisotopic (exact) mass is 534 g/mol. The van der Waals surface area contributed by atoms with Crippen molar-refractivity contribution in [2.24, 2.45) is 11.8 Å². The minimum Gasteiger partial charge on any atom is -0.481 e. The van der Waals surface area contributed by atoms with Gasteiger partial charge in [-0.3, -0.25) is 29.4 Å². The number of carboxylic acids is 2. The number of likely N-dealkylation sites (tertiary alicyclic amines) is 1. The van der Waals surface area contributed by atoms with E-state index in [1.54, 1.807) is 6.07 Å². The molecule has 2 heterocycles. The van der Waals surface area contributed by atoms with Crippen LogP contribution in [0.3, 0.4) is 0 Å². The van der Waals surface area contributed by atoms with Gasteiger partial charge in [-0.25, -0.2) is 0 Å².